The summed E-state index contributed by atoms with van der Waals surface area (Å²) in [6.45, 7) is 2.96. The molecule has 0 N–H and O–H groups in total. The molecule has 3 aromatic rings. The Morgan fingerprint density at radius 3 is 2.53 bits per heavy atom. The van der Waals surface area contributed by atoms with E-state index < -0.39 is 0 Å². The molecule has 95 valence electrons. The van der Waals surface area contributed by atoms with Crippen LogP contribution in [0.5, 0.6) is 5.75 Å². The molecule has 0 amide bonds. The van der Waals surface area contributed by atoms with Crippen LogP contribution in [0.25, 0.3) is 10.9 Å². The number of rotatable bonds is 3. The smallest absolute Gasteiger partial charge is 0.118 e. The van der Waals surface area contributed by atoms with Crippen molar-refractivity contribution in [2.75, 3.05) is 7.11 Å². The van der Waals surface area contributed by atoms with Gasteiger partial charge >= 0.3 is 0 Å². The van der Waals surface area contributed by atoms with Gasteiger partial charge in [-0.2, -0.15) is 0 Å². The highest BCUT2D eigenvalue weighted by Crippen LogP contribution is 2.20. The average Bonchev–Trinajstić information content (AvgIpc) is 2.76. The quantitative estimate of drug-likeness (QED) is 0.689. The fourth-order valence-electron chi connectivity index (χ4n) is 2.38. The number of nitrogens with zero attached hydrogens (tertiary/aromatic N) is 1. The summed E-state index contributed by atoms with van der Waals surface area (Å²) in [7, 11) is 1.69. The van der Waals surface area contributed by atoms with E-state index in [0.29, 0.717) is 0 Å². The molecule has 1 heterocycles. The van der Waals surface area contributed by atoms with E-state index in [-0.39, 0.29) is 0 Å². The summed E-state index contributed by atoms with van der Waals surface area (Å²) < 4.78 is 7.47. The van der Waals surface area contributed by atoms with E-state index in [1.165, 1.54) is 16.5 Å². The van der Waals surface area contributed by atoms with Crippen molar-refractivity contribution in [2.24, 2.45) is 0 Å². The Kier molecular flexibility index (Phi) is 3.00. The van der Waals surface area contributed by atoms with Crippen LogP contribution in [0.2, 0.25) is 0 Å². The van der Waals surface area contributed by atoms with E-state index in [1.807, 2.05) is 12.1 Å². The summed E-state index contributed by atoms with van der Waals surface area (Å²) in [5.74, 6) is 0.893. The fourth-order valence-corrected chi connectivity index (χ4v) is 2.38. The first-order valence-electron chi connectivity index (χ1n) is 6.38. The Bertz CT molecular complexity index is 695. The van der Waals surface area contributed by atoms with Crippen molar-refractivity contribution in [3.8, 4) is 5.75 Å². The van der Waals surface area contributed by atoms with Gasteiger partial charge in [-0.3, -0.25) is 0 Å². The minimum Gasteiger partial charge on any atom is -0.497 e. The Hall–Kier alpha value is -2.22. The first-order chi connectivity index (χ1) is 9.28. The van der Waals surface area contributed by atoms with Gasteiger partial charge in [0.05, 0.1) is 7.11 Å². The fraction of sp³-hybridized carbons (Fsp3) is 0.176. The second-order valence-electron chi connectivity index (χ2n) is 4.66. The molecule has 1 radical (unpaired) electrons. The zero-order valence-corrected chi connectivity index (χ0v) is 11.2. The Morgan fingerprint density at radius 1 is 1.05 bits per heavy atom. The van der Waals surface area contributed by atoms with Gasteiger partial charge in [0.15, 0.2) is 0 Å². The highest BCUT2D eigenvalue weighted by Gasteiger charge is 2.06. The van der Waals surface area contributed by atoms with Crippen molar-refractivity contribution >= 4 is 10.9 Å². The first kappa shape index (κ1) is 11.8. The summed E-state index contributed by atoms with van der Waals surface area (Å²) >= 11 is 0. The van der Waals surface area contributed by atoms with Gasteiger partial charge in [0.2, 0.25) is 0 Å². The molecule has 19 heavy (non-hydrogen) atoms. The van der Waals surface area contributed by atoms with E-state index in [0.717, 1.165) is 18.0 Å². The van der Waals surface area contributed by atoms with Crippen LogP contribution < -0.4 is 4.74 Å². The average molecular weight is 250 g/mol. The number of hydrogen-bond acceptors (Lipinski definition) is 1. The normalized spacial score (nSPS) is 10.8. The van der Waals surface area contributed by atoms with Gasteiger partial charge < -0.3 is 9.30 Å². The molecule has 0 bridgehead atoms. The lowest BCUT2D eigenvalue weighted by Crippen LogP contribution is -2.01. The van der Waals surface area contributed by atoms with Crippen LogP contribution in [0.15, 0.2) is 48.5 Å². The maximum Gasteiger partial charge on any atom is 0.118 e. The topological polar surface area (TPSA) is 14.2 Å². The molecule has 2 heteroatoms. The number of para-hydroxylation sites is 1. The van der Waals surface area contributed by atoms with Gasteiger partial charge in [-0.25, -0.2) is 0 Å². The summed E-state index contributed by atoms with van der Waals surface area (Å²) in [6.07, 6.45) is 0. The monoisotopic (exact) mass is 250 g/mol. The van der Waals surface area contributed by atoms with Crippen molar-refractivity contribution in [1.82, 2.24) is 4.57 Å². The molecule has 0 fully saturated rings. The largest absolute Gasteiger partial charge is 0.497 e. The van der Waals surface area contributed by atoms with E-state index in [2.05, 4.69) is 54.0 Å². The standard InChI is InChI=1S/C17H16NO/c1-13-11-15-5-3-4-6-17(15)18(13)12-14-7-9-16(19-2)10-8-14/h3-10H,12H2,1-2H3. The third kappa shape index (κ3) is 2.22. The predicted octanol–water partition coefficient (Wildman–Crippen LogP) is 3.81. The number of aromatic nitrogens is 1. The van der Waals surface area contributed by atoms with Gasteiger partial charge in [-0.05, 0) is 30.7 Å². The lowest BCUT2D eigenvalue weighted by atomic mass is 10.2. The molecule has 2 aromatic carbocycles. The van der Waals surface area contributed by atoms with Gasteiger partial charge in [0.25, 0.3) is 0 Å². The maximum absolute atomic E-state index is 5.19. The molecular weight excluding hydrogens is 234 g/mol. The molecule has 0 atom stereocenters. The lowest BCUT2D eigenvalue weighted by molar-refractivity contribution is 0.414. The molecule has 0 spiro atoms. The SMILES string of the molecule is COc1ccc(Cn2c(C)[c]c3ccccc32)cc1. The van der Waals surface area contributed by atoms with Gasteiger partial charge in [-0.1, -0.05) is 30.3 Å². The number of hydrogen-bond donors (Lipinski definition) is 0. The second-order valence-corrected chi connectivity index (χ2v) is 4.66. The summed E-state index contributed by atoms with van der Waals surface area (Å²) in [6, 6.07) is 20.0. The van der Waals surface area contributed by atoms with Crippen molar-refractivity contribution in [3.05, 3.63) is 65.9 Å². The third-order valence-electron chi connectivity index (χ3n) is 3.42. The number of fused-ring (bicyclic) bond motifs is 1. The maximum atomic E-state index is 5.19. The van der Waals surface area contributed by atoms with Crippen LogP contribution in [0, 0.1) is 13.0 Å². The van der Waals surface area contributed by atoms with Crippen LogP contribution in [0.3, 0.4) is 0 Å². The molecule has 0 aliphatic heterocycles. The van der Waals surface area contributed by atoms with E-state index in [4.69, 9.17) is 4.74 Å². The van der Waals surface area contributed by atoms with Crippen molar-refractivity contribution in [2.45, 2.75) is 13.5 Å². The zero-order chi connectivity index (χ0) is 13.2. The van der Waals surface area contributed by atoms with E-state index in [1.54, 1.807) is 7.11 Å². The zero-order valence-electron chi connectivity index (χ0n) is 11.2. The highest BCUT2D eigenvalue weighted by molar-refractivity contribution is 5.80. The van der Waals surface area contributed by atoms with Crippen LogP contribution in [0.4, 0.5) is 0 Å². The molecule has 0 aliphatic rings. The molecule has 1 aromatic heterocycles. The number of methoxy groups -OCH3 is 1. The lowest BCUT2D eigenvalue weighted by Gasteiger charge is -2.09. The Balaban J connectivity index is 1.98. The van der Waals surface area contributed by atoms with Gasteiger partial charge in [0.1, 0.15) is 5.75 Å². The Labute approximate surface area is 113 Å². The molecule has 3 rings (SSSR count). The third-order valence-corrected chi connectivity index (χ3v) is 3.42. The van der Waals surface area contributed by atoms with Crippen molar-refractivity contribution < 1.29 is 4.74 Å². The number of aryl methyl sites for hydroxylation is 1. The second kappa shape index (κ2) is 4.81. The van der Waals surface area contributed by atoms with Crippen LogP contribution >= 0.6 is 0 Å². The van der Waals surface area contributed by atoms with Crippen LogP contribution in [0.1, 0.15) is 11.3 Å². The number of ether oxygens (including phenoxy) is 1. The van der Waals surface area contributed by atoms with Crippen molar-refractivity contribution in [3.63, 3.8) is 0 Å². The molecule has 0 saturated heterocycles. The molecule has 0 aliphatic carbocycles. The summed E-state index contributed by atoms with van der Waals surface area (Å²) in [5.41, 5.74) is 3.66. The Morgan fingerprint density at radius 2 is 1.79 bits per heavy atom. The minimum absolute atomic E-state index is 0.861. The highest BCUT2D eigenvalue weighted by atomic mass is 16.5. The van der Waals surface area contributed by atoms with Crippen LogP contribution in [-0.4, -0.2) is 11.7 Å². The summed E-state index contributed by atoms with van der Waals surface area (Å²) in [4.78, 5) is 0. The number of benzene rings is 2. The molecule has 0 unspecified atom stereocenters. The molecule has 0 saturated carbocycles. The van der Waals surface area contributed by atoms with Crippen molar-refractivity contribution in [1.29, 1.82) is 0 Å². The van der Waals surface area contributed by atoms with Crippen LogP contribution in [-0.2, 0) is 6.54 Å². The summed E-state index contributed by atoms with van der Waals surface area (Å²) in [5, 5.41) is 1.17. The minimum atomic E-state index is 0.861. The predicted molar refractivity (Wildman–Crippen MR) is 77.6 cm³/mol. The molecule has 2 nitrogen and oxygen atoms in total. The van der Waals surface area contributed by atoms with Gasteiger partial charge in [-0.15, -0.1) is 0 Å². The van der Waals surface area contributed by atoms with Gasteiger partial charge in [0, 0.05) is 29.2 Å². The first-order valence-corrected chi connectivity index (χ1v) is 6.38. The molecular formula is C17H16NO. The van der Waals surface area contributed by atoms with E-state index in [9.17, 15) is 0 Å². The van der Waals surface area contributed by atoms with E-state index >= 15 is 0 Å².